The summed E-state index contributed by atoms with van der Waals surface area (Å²) in [6.07, 6.45) is 0.576. The average Bonchev–Trinajstić information content (AvgIpc) is 2.81. The maximum Gasteiger partial charge on any atom is 0.335 e. The number of aliphatic hydroxyl groups is 1. The Balaban J connectivity index is 1.61. The van der Waals surface area contributed by atoms with Crippen LogP contribution in [0.15, 0.2) is 54.6 Å². The largest absolute Gasteiger partial charge is 0.487 e. The van der Waals surface area contributed by atoms with Gasteiger partial charge in [0, 0.05) is 25.6 Å². The molecular weight excluding hydrogens is 398 g/mol. The third kappa shape index (κ3) is 6.50. The van der Waals surface area contributed by atoms with E-state index in [0.717, 1.165) is 11.3 Å². The van der Waals surface area contributed by atoms with Gasteiger partial charge in [-0.2, -0.15) is 0 Å². The number of aromatic carboxylic acids is 1. The van der Waals surface area contributed by atoms with Gasteiger partial charge in [-0.05, 0) is 23.8 Å². The number of pyridine rings is 2. The van der Waals surface area contributed by atoms with E-state index < -0.39 is 5.97 Å². The first kappa shape index (κ1) is 22.2. The predicted molar refractivity (Wildman–Crippen MR) is 114 cm³/mol. The van der Waals surface area contributed by atoms with Crippen molar-refractivity contribution in [1.29, 1.82) is 0 Å². The van der Waals surface area contributed by atoms with Crippen LogP contribution in [-0.4, -0.2) is 39.8 Å². The summed E-state index contributed by atoms with van der Waals surface area (Å²) in [5, 5.41) is 21.7. The molecule has 0 atom stereocenters. The summed E-state index contributed by atoms with van der Waals surface area (Å²) in [4.78, 5) is 20.0. The van der Waals surface area contributed by atoms with E-state index in [9.17, 15) is 15.0 Å². The van der Waals surface area contributed by atoms with Crippen LogP contribution in [-0.2, 0) is 26.2 Å². The van der Waals surface area contributed by atoms with Gasteiger partial charge in [0.1, 0.15) is 12.4 Å². The van der Waals surface area contributed by atoms with Crippen molar-refractivity contribution in [3.8, 4) is 11.6 Å². The highest BCUT2D eigenvalue weighted by atomic mass is 16.5. The van der Waals surface area contributed by atoms with Crippen LogP contribution >= 0.6 is 0 Å². The summed E-state index contributed by atoms with van der Waals surface area (Å²) in [5.41, 5.74) is 2.78. The van der Waals surface area contributed by atoms with Crippen LogP contribution in [0, 0.1) is 0 Å². The normalized spacial score (nSPS) is 10.6. The molecule has 0 aliphatic rings. The molecule has 31 heavy (non-hydrogen) atoms. The minimum absolute atomic E-state index is 0.0990. The van der Waals surface area contributed by atoms with Gasteiger partial charge < -0.3 is 25.0 Å². The minimum Gasteiger partial charge on any atom is -0.487 e. The average molecular weight is 423 g/mol. The SMILES string of the molecule is COc1ccc(OCc2ccccc2)c(CCNCc2cc(C(=O)O)cc(CO)n2)n1. The first-order valence-electron chi connectivity index (χ1n) is 9.84. The molecule has 3 aromatic rings. The molecule has 8 nitrogen and oxygen atoms in total. The molecule has 0 fully saturated rings. The molecule has 0 aliphatic carbocycles. The lowest BCUT2D eigenvalue weighted by molar-refractivity contribution is 0.0696. The number of ether oxygens (including phenoxy) is 2. The maximum absolute atomic E-state index is 11.2. The Bertz CT molecular complexity index is 1010. The summed E-state index contributed by atoms with van der Waals surface area (Å²) in [6, 6.07) is 16.3. The van der Waals surface area contributed by atoms with Crippen LogP contribution in [0.2, 0.25) is 0 Å². The topological polar surface area (TPSA) is 114 Å². The lowest BCUT2D eigenvalue weighted by Crippen LogP contribution is -2.19. The fraction of sp³-hybridized carbons (Fsp3) is 0.261. The highest BCUT2D eigenvalue weighted by Gasteiger charge is 2.10. The molecule has 1 aromatic carbocycles. The molecular formula is C23H25N3O5. The summed E-state index contributed by atoms with van der Waals surface area (Å²) >= 11 is 0. The molecule has 2 aromatic heterocycles. The molecule has 3 N–H and O–H groups in total. The number of carboxylic acid groups (broad SMARTS) is 1. The van der Waals surface area contributed by atoms with Gasteiger partial charge in [0.2, 0.25) is 5.88 Å². The van der Waals surface area contributed by atoms with Crippen LogP contribution in [0.5, 0.6) is 11.6 Å². The number of methoxy groups -OCH3 is 1. The van der Waals surface area contributed by atoms with E-state index in [1.54, 1.807) is 13.2 Å². The standard InChI is InChI=1S/C23H25N3O5/c1-30-22-8-7-21(31-15-16-5-3-2-4-6-16)20(26-22)9-10-24-13-18-11-17(23(28)29)12-19(14-27)25-18/h2-8,11-12,24,27H,9-10,13-15H2,1H3,(H,28,29). The smallest absolute Gasteiger partial charge is 0.335 e. The Morgan fingerprint density at radius 1 is 1.06 bits per heavy atom. The Morgan fingerprint density at radius 2 is 1.84 bits per heavy atom. The lowest BCUT2D eigenvalue weighted by atomic mass is 10.2. The van der Waals surface area contributed by atoms with Crippen molar-refractivity contribution in [2.45, 2.75) is 26.2 Å². The van der Waals surface area contributed by atoms with Crippen molar-refractivity contribution in [1.82, 2.24) is 15.3 Å². The first-order valence-corrected chi connectivity index (χ1v) is 9.84. The van der Waals surface area contributed by atoms with Crippen LogP contribution in [0.4, 0.5) is 0 Å². The van der Waals surface area contributed by atoms with Gasteiger partial charge in [-0.15, -0.1) is 0 Å². The van der Waals surface area contributed by atoms with Crippen LogP contribution in [0.3, 0.4) is 0 Å². The Morgan fingerprint density at radius 3 is 2.55 bits per heavy atom. The zero-order chi connectivity index (χ0) is 22.1. The number of nitrogens with zero attached hydrogens (tertiary/aromatic N) is 2. The van der Waals surface area contributed by atoms with Crippen molar-refractivity contribution < 1.29 is 24.5 Å². The third-order valence-corrected chi connectivity index (χ3v) is 4.54. The summed E-state index contributed by atoms with van der Waals surface area (Å²) in [5.74, 6) is 0.129. The second-order valence-electron chi connectivity index (χ2n) is 6.80. The molecule has 0 spiro atoms. The van der Waals surface area contributed by atoms with Crippen LogP contribution < -0.4 is 14.8 Å². The van der Waals surface area contributed by atoms with Crippen molar-refractivity contribution in [2.24, 2.45) is 0 Å². The minimum atomic E-state index is -1.06. The molecule has 3 rings (SSSR count). The quantitative estimate of drug-likeness (QED) is 0.403. The Kier molecular flexibility index (Phi) is 7.91. The van der Waals surface area contributed by atoms with E-state index in [-0.39, 0.29) is 12.2 Å². The summed E-state index contributed by atoms with van der Waals surface area (Å²) in [7, 11) is 1.56. The van der Waals surface area contributed by atoms with Gasteiger partial charge >= 0.3 is 5.97 Å². The highest BCUT2D eigenvalue weighted by molar-refractivity contribution is 5.87. The van der Waals surface area contributed by atoms with Gasteiger partial charge in [0.25, 0.3) is 0 Å². The van der Waals surface area contributed by atoms with E-state index in [4.69, 9.17) is 9.47 Å². The second-order valence-corrected chi connectivity index (χ2v) is 6.80. The van der Waals surface area contributed by atoms with E-state index in [2.05, 4.69) is 15.3 Å². The van der Waals surface area contributed by atoms with Gasteiger partial charge in [-0.1, -0.05) is 30.3 Å². The van der Waals surface area contributed by atoms with Crippen molar-refractivity contribution in [3.05, 3.63) is 82.8 Å². The van der Waals surface area contributed by atoms with E-state index >= 15 is 0 Å². The van der Waals surface area contributed by atoms with E-state index in [1.165, 1.54) is 12.1 Å². The van der Waals surface area contributed by atoms with Crippen LogP contribution in [0.1, 0.15) is 33.0 Å². The molecule has 8 heteroatoms. The summed E-state index contributed by atoms with van der Waals surface area (Å²) in [6.45, 7) is 1.04. The second kappa shape index (κ2) is 11.1. The number of hydrogen-bond acceptors (Lipinski definition) is 7. The number of hydrogen-bond donors (Lipinski definition) is 3. The van der Waals surface area contributed by atoms with Crippen molar-refractivity contribution in [3.63, 3.8) is 0 Å². The lowest BCUT2D eigenvalue weighted by Gasteiger charge is -2.13. The zero-order valence-electron chi connectivity index (χ0n) is 17.2. The van der Waals surface area contributed by atoms with Crippen LogP contribution in [0.25, 0.3) is 0 Å². The molecule has 2 heterocycles. The number of aromatic nitrogens is 2. The molecule has 0 amide bonds. The van der Waals surface area contributed by atoms with E-state index in [0.29, 0.717) is 49.1 Å². The molecule has 162 valence electrons. The number of benzene rings is 1. The van der Waals surface area contributed by atoms with Gasteiger partial charge in [-0.3, -0.25) is 4.98 Å². The molecule has 0 bridgehead atoms. The number of carbonyl (C=O) groups is 1. The molecule has 0 aliphatic heterocycles. The zero-order valence-corrected chi connectivity index (χ0v) is 17.2. The molecule has 0 unspecified atom stereocenters. The van der Waals surface area contributed by atoms with E-state index in [1.807, 2.05) is 36.4 Å². The maximum atomic E-state index is 11.2. The Hall–Kier alpha value is -3.49. The number of aliphatic hydroxyl groups excluding tert-OH is 1. The third-order valence-electron chi connectivity index (χ3n) is 4.54. The monoisotopic (exact) mass is 423 g/mol. The summed E-state index contributed by atoms with van der Waals surface area (Å²) < 4.78 is 11.2. The van der Waals surface area contributed by atoms with Gasteiger partial charge in [0.05, 0.1) is 36.4 Å². The Labute approximate surface area is 180 Å². The molecule has 0 saturated carbocycles. The fourth-order valence-corrected chi connectivity index (χ4v) is 3.00. The number of rotatable bonds is 11. The number of nitrogens with one attached hydrogen (secondary N) is 1. The van der Waals surface area contributed by atoms with Crippen molar-refractivity contribution in [2.75, 3.05) is 13.7 Å². The predicted octanol–water partition coefficient (Wildman–Crippen LogP) is 2.59. The molecule has 0 saturated heterocycles. The highest BCUT2D eigenvalue weighted by Crippen LogP contribution is 2.22. The number of carboxylic acids is 1. The van der Waals surface area contributed by atoms with Crippen molar-refractivity contribution >= 4 is 5.97 Å². The molecule has 0 radical (unpaired) electrons. The van der Waals surface area contributed by atoms with Gasteiger partial charge in [0.15, 0.2) is 0 Å². The van der Waals surface area contributed by atoms with Gasteiger partial charge in [-0.25, -0.2) is 9.78 Å². The fourth-order valence-electron chi connectivity index (χ4n) is 3.00. The first-order chi connectivity index (χ1) is 15.1.